The number of ether oxygens (including phenoxy) is 1. The molecule has 0 aliphatic carbocycles. The zero-order valence-electron chi connectivity index (χ0n) is 17.3. The summed E-state index contributed by atoms with van der Waals surface area (Å²) in [7, 11) is 1.66. The first-order chi connectivity index (χ1) is 15.1. The van der Waals surface area contributed by atoms with E-state index >= 15 is 0 Å². The Bertz CT molecular complexity index is 1030. The molecule has 0 saturated carbocycles. The van der Waals surface area contributed by atoms with Crippen molar-refractivity contribution in [3.63, 3.8) is 0 Å². The van der Waals surface area contributed by atoms with Gasteiger partial charge in [0, 0.05) is 36.1 Å². The summed E-state index contributed by atoms with van der Waals surface area (Å²) < 4.78 is 5.22. The summed E-state index contributed by atoms with van der Waals surface area (Å²) in [5.74, 6) is 0.563. The zero-order valence-corrected chi connectivity index (χ0v) is 18.2. The summed E-state index contributed by atoms with van der Waals surface area (Å²) in [5, 5.41) is 7.85. The Morgan fingerprint density at radius 3 is 2.45 bits per heavy atom. The lowest BCUT2D eigenvalue weighted by atomic mass is 10.0. The number of nitrogens with zero attached hydrogens (tertiary/aromatic N) is 1. The van der Waals surface area contributed by atoms with Gasteiger partial charge in [0.1, 0.15) is 5.75 Å². The van der Waals surface area contributed by atoms with Crippen LogP contribution in [0, 0.1) is 0 Å². The number of rotatable bonds is 6. The van der Waals surface area contributed by atoms with Crippen LogP contribution in [-0.4, -0.2) is 38.1 Å². The van der Waals surface area contributed by atoms with Crippen molar-refractivity contribution < 1.29 is 14.3 Å². The van der Waals surface area contributed by atoms with Gasteiger partial charge in [-0.2, -0.15) is 0 Å². The highest BCUT2D eigenvalue weighted by Gasteiger charge is 2.21. The second kappa shape index (κ2) is 9.66. The second-order valence-electron chi connectivity index (χ2n) is 7.45. The molecule has 4 rings (SSSR count). The molecule has 1 fully saturated rings. The molecule has 0 radical (unpaired) electrons. The van der Waals surface area contributed by atoms with Gasteiger partial charge in [-0.05, 0) is 66.8 Å². The monoisotopic (exact) mass is 435 g/mol. The number of hydrogen-bond donors (Lipinski definition) is 2. The number of carbonyl (C=O) groups is 2. The minimum atomic E-state index is -0.168. The van der Waals surface area contributed by atoms with E-state index in [1.807, 2.05) is 23.6 Å². The van der Waals surface area contributed by atoms with E-state index in [1.54, 1.807) is 37.4 Å². The smallest absolute Gasteiger partial charge is 0.265 e. The van der Waals surface area contributed by atoms with Crippen molar-refractivity contribution in [1.29, 1.82) is 0 Å². The Morgan fingerprint density at radius 1 is 1.00 bits per heavy atom. The normalized spacial score (nSPS) is 14.2. The lowest BCUT2D eigenvalue weighted by Crippen LogP contribution is -2.44. The van der Waals surface area contributed by atoms with Gasteiger partial charge in [0.2, 0.25) is 0 Å². The van der Waals surface area contributed by atoms with Crippen LogP contribution in [0.3, 0.4) is 0 Å². The fraction of sp³-hybridized carbons (Fsp3) is 0.250. The highest BCUT2D eigenvalue weighted by atomic mass is 32.1. The van der Waals surface area contributed by atoms with E-state index in [-0.39, 0.29) is 17.9 Å². The summed E-state index contributed by atoms with van der Waals surface area (Å²) in [4.78, 5) is 28.0. The molecule has 2 N–H and O–H groups in total. The van der Waals surface area contributed by atoms with Gasteiger partial charge in [-0.1, -0.05) is 12.1 Å². The first kappa shape index (κ1) is 20.9. The standard InChI is InChI=1S/C24H25N3O3S/c1-30-21-9-7-20(8-10-21)27-13-11-18(12-14-27)25-23(28)17-4-2-5-19(16-17)26-24(29)22-6-3-15-31-22/h2-10,15-16,18H,11-14H2,1H3,(H,25,28)(H,26,29). The van der Waals surface area contributed by atoms with Gasteiger partial charge in [0.05, 0.1) is 12.0 Å². The molecule has 1 aliphatic rings. The molecular formula is C24H25N3O3S. The van der Waals surface area contributed by atoms with Crippen molar-refractivity contribution in [2.75, 3.05) is 30.4 Å². The molecule has 0 bridgehead atoms. The number of carbonyl (C=O) groups excluding carboxylic acids is 2. The Kier molecular flexibility index (Phi) is 6.52. The van der Waals surface area contributed by atoms with E-state index in [4.69, 9.17) is 4.74 Å². The molecule has 0 unspecified atom stereocenters. The largest absolute Gasteiger partial charge is 0.497 e. The molecule has 0 spiro atoms. The Labute approximate surface area is 185 Å². The Balaban J connectivity index is 1.31. The van der Waals surface area contributed by atoms with Crippen LogP contribution in [0.15, 0.2) is 66.0 Å². The average molecular weight is 436 g/mol. The molecule has 0 atom stereocenters. The SMILES string of the molecule is COc1ccc(N2CCC(NC(=O)c3cccc(NC(=O)c4cccs4)c3)CC2)cc1. The summed E-state index contributed by atoms with van der Waals surface area (Å²) in [6.45, 7) is 1.77. The third-order valence-corrected chi connectivity index (χ3v) is 6.26. The number of methoxy groups -OCH3 is 1. The maximum absolute atomic E-state index is 12.8. The maximum atomic E-state index is 12.8. The molecule has 2 heterocycles. The quantitative estimate of drug-likeness (QED) is 0.602. The predicted octanol–water partition coefficient (Wildman–Crippen LogP) is 4.41. The van der Waals surface area contributed by atoms with Crippen molar-refractivity contribution in [1.82, 2.24) is 5.32 Å². The molecule has 7 heteroatoms. The molecule has 1 aromatic heterocycles. The molecule has 2 aromatic carbocycles. The third-order valence-electron chi connectivity index (χ3n) is 5.40. The van der Waals surface area contributed by atoms with Crippen LogP contribution < -0.4 is 20.3 Å². The number of benzene rings is 2. The van der Waals surface area contributed by atoms with E-state index in [9.17, 15) is 9.59 Å². The van der Waals surface area contributed by atoms with E-state index in [2.05, 4.69) is 27.7 Å². The van der Waals surface area contributed by atoms with E-state index in [0.29, 0.717) is 16.1 Å². The highest BCUT2D eigenvalue weighted by molar-refractivity contribution is 7.12. The van der Waals surface area contributed by atoms with Crippen LogP contribution >= 0.6 is 11.3 Å². The first-order valence-corrected chi connectivity index (χ1v) is 11.1. The molecule has 31 heavy (non-hydrogen) atoms. The lowest BCUT2D eigenvalue weighted by Gasteiger charge is -2.34. The molecule has 6 nitrogen and oxygen atoms in total. The predicted molar refractivity (Wildman–Crippen MR) is 124 cm³/mol. The van der Waals surface area contributed by atoms with Gasteiger partial charge in [0.15, 0.2) is 0 Å². The van der Waals surface area contributed by atoms with Crippen LogP contribution in [0.25, 0.3) is 0 Å². The van der Waals surface area contributed by atoms with Crippen molar-refractivity contribution in [2.45, 2.75) is 18.9 Å². The van der Waals surface area contributed by atoms with Gasteiger partial charge >= 0.3 is 0 Å². The topological polar surface area (TPSA) is 70.7 Å². The van der Waals surface area contributed by atoms with Crippen LogP contribution in [0.1, 0.15) is 32.9 Å². The van der Waals surface area contributed by atoms with Crippen molar-refractivity contribution in [3.8, 4) is 5.75 Å². The summed E-state index contributed by atoms with van der Waals surface area (Å²) in [6, 6.07) is 18.9. The van der Waals surface area contributed by atoms with Crippen LogP contribution in [0.4, 0.5) is 11.4 Å². The van der Waals surface area contributed by atoms with E-state index < -0.39 is 0 Å². The minimum Gasteiger partial charge on any atom is -0.497 e. The number of anilines is 2. The summed E-state index contributed by atoms with van der Waals surface area (Å²) >= 11 is 1.38. The number of thiophene rings is 1. The minimum absolute atomic E-state index is 0.116. The zero-order chi connectivity index (χ0) is 21.6. The molecule has 160 valence electrons. The van der Waals surface area contributed by atoms with Crippen LogP contribution in [-0.2, 0) is 0 Å². The Morgan fingerprint density at radius 2 is 1.77 bits per heavy atom. The fourth-order valence-corrected chi connectivity index (χ4v) is 4.30. The van der Waals surface area contributed by atoms with Gasteiger partial charge in [-0.25, -0.2) is 0 Å². The number of hydrogen-bond acceptors (Lipinski definition) is 5. The third kappa shape index (κ3) is 5.24. The van der Waals surface area contributed by atoms with Gasteiger partial charge in [-0.15, -0.1) is 11.3 Å². The lowest BCUT2D eigenvalue weighted by molar-refractivity contribution is 0.0930. The second-order valence-corrected chi connectivity index (χ2v) is 8.39. The summed E-state index contributed by atoms with van der Waals surface area (Å²) in [6.07, 6.45) is 1.76. The van der Waals surface area contributed by atoms with Crippen molar-refractivity contribution in [3.05, 3.63) is 76.5 Å². The van der Waals surface area contributed by atoms with Gasteiger partial charge < -0.3 is 20.3 Å². The number of amides is 2. The average Bonchev–Trinajstić information content (AvgIpc) is 3.35. The molecule has 1 saturated heterocycles. The van der Waals surface area contributed by atoms with Crippen molar-refractivity contribution >= 4 is 34.5 Å². The highest BCUT2D eigenvalue weighted by Crippen LogP contribution is 2.23. The van der Waals surface area contributed by atoms with Crippen molar-refractivity contribution in [2.24, 2.45) is 0 Å². The maximum Gasteiger partial charge on any atom is 0.265 e. The summed E-state index contributed by atoms with van der Waals surface area (Å²) in [5.41, 5.74) is 2.32. The van der Waals surface area contributed by atoms with E-state index in [1.165, 1.54) is 17.0 Å². The Hall–Kier alpha value is -3.32. The van der Waals surface area contributed by atoms with Crippen LogP contribution in [0.2, 0.25) is 0 Å². The first-order valence-electron chi connectivity index (χ1n) is 10.3. The number of nitrogens with one attached hydrogen (secondary N) is 2. The molecule has 3 aromatic rings. The fourth-order valence-electron chi connectivity index (χ4n) is 3.68. The van der Waals surface area contributed by atoms with Gasteiger partial charge in [0.25, 0.3) is 11.8 Å². The van der Waals surface area contributed by atoms with Crippen LogP contribution in [0.5, 0.6) is 5.75 Å². The molecule has 2 amide bonds. The number of piperidine rings is 1. The van der Waals surface area contributed by atoms with E-state index in [0.717, 1.165) is 31.7 Å². The molecule has 1 aliphatic heterocycles. The van der Waals surface area contributed by atoms with Gasteiger partial charge in [-0.3, -0.25) is 9.59 Å². The molecular weight excluding hydrogens is 410 g/mol.